The molecule has 3 heterocycles. The fourth-order valence-electron chi connectivity index (χ4n) is 8.05. The molecule has 0 radical (unpaired) electrons. The number of para-hydroxylation sites is 4. The highest BCUT2D eigenvalue weighted by Crippen LogP contribution is 2.48. The van der Waals surface area contributed by atoms with Crippen LogP contribution in [0.2, 0.25) is 0 Å². The molecule has 0 amide bonds. The van der Waals surface area contributed by atoms with Crippen molar-refractivity contribution in [2.24, 2.45) is 0 Å². The van der Waals surface area contributed by atoms with E-state index in [1.165, 1.54) is 47.2 Å². The lowest BCUT2D eigenvalue weighted by molar-refractivity contribution is 0.669. The minimum Gasteiger partial charge on any atom is -0.456 e. The lowest BCUT2D eigenvalue weighted by Crippen LogP contribution is -2.12. The molecule has 0 aliphatic carbocycles. The summed E-state index contributed by atoms with van der Waals surface area (Å²) in [5.41, 5.74) is 8.49. The first-order chi connectivity index (χ1) is 24.8. The summed E-state index contributed by atoms with van der Waals surface area (Å²) >= 11 is 1.86. The second-order valence-corrected chi connectivity index (χ2v) is 14.0. The Morgan fingerprint density at radius 1 is 0.460 bits per heavy atom. The van der Waals surface area contributed by atoms with Gasteiger partial charge < -0.3 is 13.9 Å². The maximum absolute atomic E-state index is 6.48. The molecule has 8 aromatic carbocycles. The Morgan fingerprint density at radius 3 is 2.08 bits per heavy atom. The zero-order chi connectivity index (χ0) is 32.8. The first kappa shape index (κ1) is 27.6. The summed E-state index contributed by atoms with van der Waals surface area (Å²) in [5, 5.41) is 9.74. The monoisotopic (exact) mass is 656 g/mol. The van der Waals surface area contributed by atoms with Crippen molar-refractivity contribution in [2.45, 2.75) is 0 Å². The lowest BCUT2D eigenvalue weighted by Gasteiger charge is -2.28. The molecule has 0 unspecified atom stereocenters. The average molecular weight is 657 g/mol. The quantitative estimate of drug-likeness (QED) is 0.188. The highest BCUT2D eigenvalue weighted by molar-refractivity contribution is 7.26. The Morgan fingerprint density at radius 2 is 1.16 bits per heavy atom. The van der Waals surface area contributed by atoms with E-state index in [4.69, 9.17) is 4.42 Å². The molecule has 50 heavy (non-hydrogen) atoms. The van der Waals surface area contributed by atoms with Crippen molar-refractivity contribution < 1.29 is 4.42 Å². The van der Waals surface area contributed by atoms with E-state index in [1.54, 1.807) is 0 Å². The smallest absolute Gasteiger partial charge is 0.137 e. The number of benzene rings is 8. The third-order valence-electron chi connectivity index (χ3n) is 10.2. The Kier molecular flexibility index (Phi) is 5.83. The van der Waals surface area contributed by atoms with Gasteiger partial charge in [0.15, 0.2) is 0 Å². The highest BCUT2D eigenvalue weighted by Gasteiger charge is 2.24. The van der Waals surface area contributed by atoms with Crippen LogP contribution < -0.4 is 4.90 Å². The van der Waals surface area contributed by atoms with Crippen molar-refractivity contribution in [3.63, 3.8) is 0 Å². The number of nitrogens with zero attached hydrogens (tertiary/aromatic N) is 2. The Labute approximate surface area is 291 Å². The van der Waals surface area contributed by atoms with Gasteiger partial charge in [0.2, 0.25) is 0 Å². The van der Waals surface area contributed by atoms with Gasteiger partial charge in [-0.2, -0.15) is 0 Å². The van der Waals surface area contributed by atoms with E-state index >= 15 is 0 Å². The Balaban J connectivity index is 1.30. The third-order valence-corrected chi connectivity index (χ3v) is 11.3. The van der Waals surface area contributed by atoms with E-state index in [-0.39, 0.29) is 0 Å². The van der Waals surface area contributed by atoms with Crippen LogP contribution in [-0.2, 0) is 0 Å². The fourth-order valence-corrected chi connectivity index (χ4v) is 9.17. The average Bonchev–Trinajstić information content (AvgIpc) is 3.86. The van der Waals surface area contributed by atoms with Gasteiger partial charge in [-0.15, -0.1) is 11.3 Å². The van der Waals surface area contributed by atoms with Gasteiger partial charge in [0, 0.05) is 47.7 Å². The molecule has 0 fully saturated rings. The molecule has 11 rings (SSSR count). The van der Waals surface area contributed by atoms with Crippen LogP contribution in [0.25, 0.3) is 80.4 Å². The first-order valence-electron chi connectivity index (χ1n) is 16.9. The molecule has 0 saturated heterocycles. The van der Waals surface area contributed by atoms with Crippen molar-refractivity contribution in [1.29, 1.82) is 0 Å². The van der Waals surface area contributed by atoms with Gasteiger partial charge >= 0.3 is 0 Å². The molecule has 0 spiro atoms. The van der Waals surface area contributed by atoms with E-state index in [0.29, 0.717) is 0 Å². The zero-order valence-corrected chi connectivity index (χ0v) is 27.7. The molecule has 0 N–H and O–H groups in total. The zero-order valence-electron chi connectivity index (χ0n) is 26.9. The minimum atomic E-state index is 0.872. The maximum Gasteiger partial charge on any atom is 0.137 e. The number of fused-ring (bicyclic) bond motifs is 11. The van der Waals surface area contributed by atoms with Gasteiger partial charge in [0.1, 0.15) is 11.2 Å². The van der Waals surface area contributed by atoms with Crippen LogP contribution >= 0.6 is 11.3 Å². The van der Waals surface area contributed by atoms with Crippen LogP contribution in [0.15, 0.2) is 174 Å². The minimum absolute atomic E-state index is 0.872. The van der Waals surface area contributed by atoms with Gasteiger partial charge in [-0.3, -0.25) is 0 Å². The van der Waals surface area contributed by atoms with Gasteiger partial charge in [0.05, 0.1) is 27.8 Å². The first-order valence-corrected chi connectivity index (χ1v) is 17.8. The van der Waals surface area contributed by atoms with Crippen LogP contribution in [0.1, 0.15) is 0 Å². The predicted octanol–water partition coefficient (Wildman–Crippen LogP) is 13.7. The van der Waals surface area contributed by atoms with Crippen LogP contribution in [0, 0.1) is 0 Å². The van der Waals surface area contributed by atoms with Gasteiger partial charge in [0.25, 0.3) is 0 Å². The molecule has 0 saturated carbocycles. The van der Waals surface area contributed by atoms with Crippen molar-refractivity contribution in [2.75, 3.05) is 4.90 Å². The molecule has 0 bridgehead atoms. The van der Waals surface area contributed by atoms with Crippen molar-refractivity contribution in [3.8, 4) is 5.69 Å². The molecule has 11 aromatic rings. The van der Waals surface area contributed by atoms with E-state index in [9.17, 15) is 0 Å². The molecule has 0 atom stereocenters. The molecular formula is C46H28N2OS. The van der Waals surface area contributed by atoms with E-state index in [2.05, 4.69) is 173 Å². The number of furan rings is 1. The second kappa shape index (κ2) is 10.6. The Hall–Kier alpha value is -6.36. The molecule has 234 valence electrons. The Bertz CT molecular complexity index is 3110. The molecule has 3 aromatic heterocycles. The summed E-state index contributed by atoms with van der Waals surface area (Å²) in [6, 6.07) is 61.3. The van der Waals surface area contributed by atoms with Gasteiger partial charge in [-0.1, -0.05) is 103 Å². The second-order valence-electron chi connectivity index (χ2n) is 12.9. The number of rotatable bonds is 4. The van der Waals surface area contributed by atoms with E-state index in [0.717, 1.165) is 50.2 Å². The summed E-state index contributed by atoms with van der Waals surface area (Å²) in [7, 11) is 0. The van der Waals surface area contributed by atoms with Crippen LogP contribution in [0.4, 0.5) is 17.1 Å². The number of hydrogen-bond donors (Lipinski definition) is 0. The number of hydrogen-bond acceptors (Lipinski definition) is 3. The highest BCUT2D eigenvalue weighted by atomic mass is 32.1. The molecule has 0 aliphatic rings. The predicted molar refractivity (Wildman–Crippen MR) is 213 cm³/mol. The number of anilines is 3. The molecule has 4 heteroatoms. The normalized spacial score (nSPS) is 12.0. The number of thiophene rings is 1. The summed E-state index contributed by atoms with van der Waals surface area (Å²) in [5.74, 6) is 0. The van der Waals surface area contributed by atoms with Gasteiger partial charge in [-0.05, 0) is 77.5 Å². The van der Waals surface area contributed by atoms with E-state index < -0.39 is 0 Å². The van der Waals surface area contributed by atoms with Crippen LogP contribution in [0.3, 0.4) is 0 Å². The topological polar surface area (TPSA) is 21.3 Å². The number of aromatic nitrogens is 1. The van der Waals surface area contributed by atoms with Crippen LogP contribution in [-0.4, -0.2) is 4.57 Å². The largest absolute Gasteiger partial charge is 0.456 e. The van der Waals surface area contributed by atoms with Crippen LogP contribution in [0.5, 0.6) is 0 Å². The summed E-state index contributed by atoms with van der Waals surface area (Å²) in [4.78, 5) is 2.46. The van der Waals surface area contributed by atoms with Crippen molar-refractivity contribution >= 4 is 103 Å². The molecule has 3 nitrogen and oxygen atoms in total. The third kappa shape index (κ3) is 3.91. The van der Waals surface area contributed by atoms with Crippen molar-refractivity contribution in [3.05, 3.63) is 170 Å². The summed E-state index contributed by atoms with van der Waals surface area (Å²) in [6.45, 7) is 0. The van der Waals surface area contributed by atoms with E-state index in [1.807, 2.05) is 17.4 Å². The fraction of sp³-hybridized carbons (Fsp3) is 0. The van der Waals surface area contributed by atoms with Crippen molar-refractivity contribution in [1.82, 2.24) is 4.57 Å². The standard InChI is InChI=1S/C46H28N2OS/c1-2-12-30(13-3-1)48-37-18-7-4-14-32(37)33-17-10-20-39(46(33)48)47(38-19-11-22-41-45(38)34-15-5-8-21-40(34)49-41)31-26-24-29-25-27-43-44(36(29)28-31)35-16-6-9-23-42(35)50-43/h1-28H. The molecule has 0 aliphatic heterocycles. The summed E-state index contributed by atoms with van der Waals surface area (Å²) < 4.78 is 11.5. The van der Waals surface area contributed by atoms with Gasteiger partial charge in [-0.25, -0.2) is 0 Å². The lowest BCUT2D eigenvalue weighted by atomic mass is 10.0. The maximum atomic E-state index is 6.48. The SMILES string of the molecule is c1ccc(-n2c3ccccc3c3cccc(N(c4ccc5ccc6sc7ccccc7c6c5c4)c4cccc5oc6ccccc6c45)c32)cc1. The summed E-state index contributed by atoms with van der Waals surface area (Å²) in [6.07, 6.45) is 0. The molecular weight excluding hydrogens is 629 g/mol.